The molecular weight excluding hydrogens is 337 g/mol. The Balaban J connectivity index is 1.67. The number of carbonyl (C=O) groups is 1. The average molecular weight is 357 g/mol. The van der Waals surface area contributed by atoms with Gasteiger partial charge >= 0.3 is 5.97 Å². The van der Waals surface area contributed by atoms with Gasteiger partial charge < -0.3 is 14.6 Å². The molecule has 4 rings (SSSR count). The van der Waals surface area contributed by atoms with E-state index < -0.39 is 5.97 Å². The van der Waals surface area contributed by atoms with Gasteiger partial charge in [-0.05, 0) is 61.3 Å². The van der Waals surface area contributed by atoms with Crippen molar-refractivity contribution in [3.05, 3.63) is 59.4 Å². The van der Waals surface area contributed by atoms with Gasteiger partial charge in [0.1, 0.15) is 5.82 Å². The minimum absolute atomic E-state index is 0.157. The van der Waals surface area contributed by atoms with Crippen molar-refractivity contribution in [3.63, 3.8) is 0 Å². The molecule has 26 heavy (non-hydrogen) atoms. The van der Waals surface area contributed by atoms with Gasteiger partial charge in [0.2, 0.25) is 6.79 Å². The van der Waals surface area contributed by atoms with Gasteiger partial charge in [0.05, 0.1) is 12.0 Å². The van der Waals surface area contributed by atoms with Gasteiger partial charge in [-0.2, -0.15) is 0 Å². The first-order valence-electron chi connectivity index (χ1n) is 8.73. The average Bonchev–Trinajstić information content (AvgIpc) is 3.10. The number of hydrogen-bond acceptors (Lipinski definition) is 4. The number of nitrogens with zero attached hydrogens (tertiary/aromatic N) is 1. The molecule has 136 valence electrons. The third-order valence-electron chi connectivity index (χ3n) is 5.12. The Hall–Kier alpha value is -2.60. The zero-order valence-corrected chi connectivity index (χ0v) is 14.2. The molecule has 0 spiro atoms. The lowest BCUT2D eigenvalue weighted by atomic mass is 9.91. The zero-order chi connectivity index (χ0) is 18.1. The molecule has 6 heteroatoms. The number of rotatable bonds is 4. The minimum atomic E-state index is -0.741. The lowest BCUT2D eigenvalue weighted by Crippen LogP contribution is -2.39. The second-order valence-electron chi connectivity index (χ2n) is 6.72. The number of carboxylic acid groups (broad SMARTS) is 1. The van der Waals surface area contributed by atoms with Gasteiger partial charge in [0, 0.05) is 0 Å². The maximum absolute atomic E-state index is 13.9. The number of halogens is 1. The van der Waals surface area contributed by atoms with Gasteiger partial charge in [0.15, 0.2) is 11.5 Å². The fraction of sp³-hybridized carbons (Fsp3) is 0.350. The molecule has 2 aromatic carbocycles. The Bertz CT molecular complexity index is 817. The number of ether oxygens (including phenoxy) is 2. The number of likely N-dealkylation sites (tertiary alicyclic amines) is 1. The van der Waals surface area contributed by atoms with Crippen molar-refractivity contribution in [2.24, 2.45) is 5.92 Å². The number of fused-ring (bicyclic) bond motifs is 1. The molecule has 0 aromatic heterocycles. The summed E-state index contributed by atoms with van der Waals surface area (Å²) < 4.78 is 24.7. The lowest BCUT2D eigenvalue weighted by Gasteiger charge is -2.37. The molecular formula is C20H20FNO4. The number of carboxylic acids is 1. The molecule has 2 aliphatic rings. The standard InChI is InChI=1S/C20H20FNO4/c21-16-3-1-2-14(10-16)19(22-8-6-13(7-9-22)20(23)24)15-4-5-17-18(11-15)26-12-25-17/h1-5,10-11,13,19H,6-9,12H2,(H,23,24). The normalized spacial score (nSPS) is 18.7. The molecule has 0 bridgehead atoms. The van der Waals surface area contributed by atoms with E-state index >= 15 is 0 Å². The first kappa shape index (κ1) is 16.8. The first-order chi connectivity index (χ1) is 12.6. The van der Waals surface area contributed by atoms with E-state index in [1.54, 1.807) is 12.1 Å². The molecule has 1 fully saturated rings. The number of hydrogen-bond donors (Lipinski definition) is 1. The third-order valence-corrected chi connectivity index (χ3v) is 5.12. The van der Waals surface area contributed by atoms with Crippen LogP contribution >= 0.6 is 0 Å². The fourth-order valence-electron chi connectivity index (χ4n) is 3.78. The van der Waals surface area contributed by atoms with E-state index in [9.17, 15) is 14.3 Å². The summed E-state index contributed by atoms with van der Waals surface area (Å²) >= 11 is 0. The van der Waals surface area contributed by atoms with Crippen LogP contribution in [0, 0.1) is 11.7 Å². The smallest absolute Gasteiger partial charge is 0.306 e. The second-order valence-corrected chi connectivity index (χ2v) is 6.72. The zero-order valence-electron chi connectivity index (χ0n) is 14.2. The fourth-order valence-corrected chi connectivity index (χ4v) is 3.78. The van der Waals surface area contributed by atoms with Crippen molar-refractivity contribution < 1.29 is 23.8 Å². The van der Waals surface area contributed by atoms with Gasteiger partial charge in [-0.3, -0.25) is 9.69 Å². The summed E-state index contributed by atoms with van der Waals surface area (Å²) in [5.41, 5.74) is 1.83. The van der Waals surface area contributed by atoms with Crippen molar-refractivity contribution in [1.82, 2.24) is 4.90 Å². The van der Waals surface area contributed by atoms with Crippen molar-refractivity contribution in [2.75, 3.05) is 19.9 Å². The van der Waals surface area contributed by atoms with E-state index in [1.807, 2.05) is 24.3 Å². The highest BCUT2D eigenvalue weighted by atomic mass is 19.1. The van der Waals surface area contributed by atoms with Crippen LogP contribution in [0.4, 0.5) is 4.39 Å². The highest BCUT2D eigenvalue weighted by Crippen LogP contribution is 2.39. The van der Waals surface area contributed by atoms with E-state index in [-0.39, 0.29) is 24.6 Å². The van der Waals surface area contributed by atoms with E-state index in [2.05, 4.69) is 4.90 Å². The molecule has 0 aliphatic carbocycles. The summed E-state index contributed by atoms with van der Waals surface area (Å²) in [6.07, 6.45) is 1.18. The highest BCUT2D eigenvalue weighted by Gasteiger charge is 2.31. The Kier molecular flexibility index (Phi) is 4.51. The van der Waals surface area contributed by atoms with Crippen LogP contribution in [0.25, 0.3) is 0 Å². The predicted octanol–water partition coefficient (Wildman–Crippen LogP) is 3.44. The second kappa shape index (κ2) is 6.96. The largest absolute Gasteiger partial charge is 0.481 e. The van der Waals surface area contributed by atoms with Crippen molar-refractivity contribution in [1.29, 1.82) is 0 Å². The Morgan fingerprint density at radius 2 is 1.81 bits per heavy atom. The summed E-state index contributed by atoms with van der Waals surface area (Å²) in [6.45, 7) is 1.49. The molecule has 2 heterocycles. The Morgan fingerprint density at radius 3 is 2.54 bits per heavy atom. The molecule has 1 unspecified atom stereocenters. The molecule has 1 N–H and O–H groups in total. The van der Waals surface area contributed by atoms with Crippen LogP contribution in [-0.2, 0) is 4.79 Å². The summed E-state index contributed by atoms with van der Waals surface area (Å²) in [5, 5.41) is 9.24. The van der Waals surface area contributed by atoms with E-state index in [1.165, 1.54) is 6.07 Å². The van der Waals surface area contributed by atoms with Crippen LogP contribution in [0.5, 0.6) is 11.5 Å². The SMILES string of the molecule is O=C(O)C1CCN(C(c2cccc(F)c2)c2ccc3c(c2)OCO3)CC1. The van der Waals surface area contributed by atoms with E-state index in [0.717, 1.165) is 11.1 Å². The van der Waals surface area contributed by atoms with Crippen LogP contribution in [0.1, 0.15) is 30.0 Å². The van der Waals surface area contributed by atoms with E-state index in [4.69, 9.17) is 9.47 Å². The maximum Gasteiger partial charge on any atom is 0.306 e. The molecule has 5 nitrogen and oxygen atoms in total. The molecule has 0 saturated carbocycles. The van der Waals surface area contributed by atoms with Gasteiger partial charge in [-0.25, -0.2) is 4.39 Å². The lowest BCUT2D eigenvalue weighted by molar-refractivity contribution is -0.143. The Labute approximate surface area is 151 Å². The number of piperidine rings is 1. The monoisotopic (exact) mass is 357 g/mol. The predicted molar refractivity (Wildman–Crippen MR) is 92.7 cm³/mol. The highest BCUT2D eigenvalue weighted by molar-refractivity contribution is 5.70. The topological polar surface area (TPSA) is 59.0 Å². The summed E-state index contributed by atoms with van der Waals surface area (Å²) in [5.74, 6) is 0.0560. The van der Waals surface area contributed by atoms with Crippen LogP contribution < -0.4 is 9.47 Å². The maximum atomic E-state index is 13.9. The molecule has 0 radical (unpaired) electrons. The van der Waals surface area contributed by atoms with Gasteiger partial charge in [0.25, 0.3) is 0 Å². The minimum Gasteiger partial charge on any atom is -0.481 e. The van der Waals surface area contributed by atoms with Crippen molar-refractivity contribution >= 4 is 5.97 Å². The van der Waals surface area contributed by atoms with Gasteiger partial charge in [-0.15, -0.1) is 0 Å². The molecule has 1 atom stereocenters. The molecule has 1 saturated heterocycles. The van der Waals surface area contributed by atoms with Crippen molar-refractivity contribution in [3.8, 4) is 11.5 Å². The Morgan fingerprint density at radius 1 is 1.08 bits per heavy atom. The molecule has 2 aromatic rings. The van der Waals surface area contributed by atoms with Crippen LogP contribution in [0.3, 0.4) is 0 Å². The number of benzene rings is 2. The molecule has 2 aliphatic heterocycles. The van der Waals surface area contributed by atoms with Gasteiger partial charge in [-0.1, -0.05) is 18.2 Å². The summed E-state index contributed by atoms with van der Waals surface area (Å²) in [4.78, 5) is 13.5. The summed E-state index contributed by atoms with van der Waals surface area (Å²) in [6, 6.07) is 12.2. The van der Waals surface area contributed by atoms with E-state index in [0.29, 0.717) is 37.4 Å². The van der Waals surface area contributed by atoms with Crippen LogP contribution in [0.15, 0.2) is 42.5 Å². The molecule has 0 amide bonds. The quantitative estimate of drug-likeness (QED) is 0.908. The van der Waals surface area contributed by atoms with Crippen molar-refractivity contribution in [2.45, 2.75) is 18.9 Å². The first-order valence-corrected chi connectivity index (χ1v) is 8.73. The van der Waals surface area contributed by atoms with Crippen LogP contribution in [-0.4, -0.2) is 35.9 Å². The number of aliphatic carboxylic acids is 1. The third kappa shape index (κ3) is 3.24. The van der Waals surface area contributed by atoms with Crippen LogP contribution in [0.2, 0.25) is 0 Å². The summed E-state index contributed by atoms with van der Waals surface area (Å²) in [7, 11) is 0.